The van der Waals surface area contributed by atoms with Crippen LogP contribution in [0.5, 0.6) is 11.5 Å². The quantitative estimate of drug-likeness (QED) is 0.740. The summed E-state index contributed by atoms with van der Waals surface area (Å²) in [6, 6.07) is 3.43. The maximum absolute atomic E-state index is 12.9. The summed E-state index contributed by atoms with van der Waals surface area (Å²) in [4.78, 5) is 26.6. The maximum Gasteiger partial charge on any atom is 0.329 e. The highest BCUT2D eigenvalue weighted by Crippen LogP contribution is 2.65. The number of carboxylic acids is 1. The topological polar surface area (TPSA) is 96.3 Å². The molecule has 1 saturated heterocycles. The highest BCUT2D eigenvalue weighted by molar-refractivity contribution is 5.90. The molecule has 1 aromatic carbocycles. The second-order valence-electron chi connectivity index (χ2n) is 8.21. The number of Topliss-reactive ketones (excluding diaryl/α,β-unsaturated/α-hetero) is 1. The van der Waals surface area contributed by atoms with Crippen molar-refractivity contribution in [3.05, 3.63) is 35.9 Å². The fraction of sp³-hybridized carbons (Fsp3) is 0.524. The molecule has 1 spiro atoms. The fourth-order valence-electron chi connectivity index (χ4n) is 6.25. The number of ether oxygens (including phenoxy) is 2. The number of phenolic OH excluding ortho intramolecular Hbond substituents is 1. The molecule has 7 heteroatoms. The van der Waals surface area contributed by atoms with Gasteiger partial charge in [0.2, 0.25) is 0 Å². The molecule has 28 heavy (non-hydrogen) atoms. The largest absolute Gasteiger partial charge is 0.504 e. The van der Waals surface area contributed by atoms with Crippen molar-refractivity contribution in [1.82, 2.24) is 4.90 Å². The number of hydrogen-bond donors (Lipinski definition) is 2. The zero-order valence-electron chi connectivity index (χ0n) is 15.5. The number of phenols is 1. The average Bonchev–Trinajstić information content (AvgIpc) is 3.02. The van der Waals surface area contributed by atoms with Gasteiger partial charge < -0.3 is 19.7 Å². The number of likely N-dealkylation sites (tertiary alicyclic amines) is 1. The van der Waals surface area contributed by atoms with Gasteiger partial charge >= 0.3 is 5.97 Å². The minimum absolute atomic E-state index is 0.00563. The summed E-state index contributed by atoms with van der Waals surface area (Å²) in [5.74, 6) is -0.645. The summed E-state index contributed by atoms with van der Waals surface area (Å²) in [5.41, 5.74) is 0.280. The summed E-state index contributed by atoms with van der Waals surface area (Å²) in [7, 11) is 0. The van der Waals surface area contributed by atoms with Crippen molar-refractivity contribution in [3.63, 3.8) is 0 Å². The van der Waals surface area contributed by atoms with Crippen molar-refractivity contribution in [2.75, 3.05) is 19.7 Å². The Hall–Kier alpha value is -2.38. The molecule has 4 atom stereocenters. The zero-order chi connectivity index (χ0) is 19.7. The van der Waals surface area contributed by atoms with E-state index in [9.17, 15) is 19.8 Å². The Bertz CT molecular complexity index is 897. The molecule has 1 saturated carbocycles. The summed E-state index contributed by atoms with van der Waals surface area (Å²) in [5, 5.41) is 19.8. The minimum atomic E-state index is -1.03. The Morgan fingerprint density at radius 1 is 1.43 bits per heavy atom. The van der Waals surface area contributed by atoms with E-state index in [-0.39, 0.29) is 24.0 Å². The van der Waals surface area contributed by atoms with E-state index in [0.29, 0.717) is 31.6 Å². The molecule has 0 amide bonds. The molecule has 2 N–H and O–H groups in total. The lowest BCUT2D eigenvalue weighted by Gasteiger charge is -2.64. The first-order valence-corrected chi connectivity index (χ1v) is 9.70. The molecule has 2 aliphatic carbocycles. The summed E-state index contributed by atoms with van der Waals surface area (Å²) in [6.45, 7) is 4.84. The van der Waals surface area contributed by atoms with Crippen molar-refractivity contribution in [2.24, 2.45) is 0 Å². The van der Waals surface area contributed by atoms with Crippen LogP contribution in [0.25, 0.3) is 0 Å². The molecule has 5 rings (SSSR count). The van der Waals surface area contributed by atoms with Crippen molar-refractivity contribution in [3.8, 4) is 11.5 Å². The fourth-order valence-corrected chi connectivity index (χ4v) is 6.25. The van der Waals surface area contributed by atoms with E-state index in [1.165, 1.54) is 0 Å². The number of benzene rings is 1. The number of nitrogens with zero attached hydrogens (tertiary/aromatic N) is 1. The van der Waals surface area contributed by atoms with Crippen LogP contribution in [0.3, 0.4) is 0 Å². The number of ketones is 1. The molecule has 1 aromatic rings. The van der Waals surface area contributed by atoms with Gasteiger partial charge in [0, 0.05) is 31.1 Å². The average molecular weight is 385 g/mol. The van der Waals surface area contributed by atoms with E-state index in [2.05, 4.69) is 11.5 Å². The lowest BCUT2D eigenvalue weighted by atomic mass is 9.48. The van der Waals surface area contributed by atoms with E-state index in [4.69, 9.17) is 9.47 Å². The number of hydrogen-bond acceptors (Lipinski definition) is 6. The Kier molecular flexibility index (Phi) is 3.67. The number of piperidine rings is 1. The van der Waals surface area contributed by atoms with Gasteiger partial charge in [-0.25, -0.2) is 4.79 Å². The Balaban J connectivity index is 1.77. The molecule has 0 aromatic heterocycles. The summed E-state index contributed by atoms with van der Waals surface area (Å²) < 4.78 is 12.3. The third kappa shape index (κ3) is 1.96. The molecule has 0 radical (unpaired) electrons. The van der Waals surface area contributed by atoms with Crippen LogP contribution < -0.4 is 4.74 Å². The summed E-state index contributed by atoms with van der Waals surface area (Å²) in [6.07, 6.45) is 3.09. The molecular formula is C21H23NO6. The first-order chi connectivity index (χ1) is 13.4. The van der Waals surface area contributed by atoms with Crippen molar-refractivity contribution < 1.29 is 29.3 Å². The van der Waals surface area contributed by atoms with Crippen molar-refractivity contribution >= 4 is 11.8 Å². The monoisotopic (exact) mass is 385 g/mol. The molecular weight excluding hydrogens is 362 g/mol. The van der Waals surface area contributed by atoms with E-state index in [1.807, 2.05) is 12.1 Å². The van der Waals surface area contributed by atoms with Gasteiger partial charge in [-0.2, -0.15) is 0 Å². The molecule has 2 bridgehead atoms. The van der Waals surface area contributed by atoms with Gasteiger partial charge in [0.1, 0.15) is 6.61 Å². The van der Waals surface area contributed by atoms with E-state index < -0.39 is 29.7 Å². The van der Waals surface area contributed by atoms with Crippen LogP contribution in [0.4, 0.5) is 0 Å². The van der Waals surface area contributed by atoms with Crippen molar-refractivity contribution in [2.45, 2.75) is 48.8 Å². The second kappa shape index (κ2) is 5.81. The second-order valence-corrected chi connectivity index (χ2v) is 8.21. The predicted octanol–water partition coefficient (Wildman–Crippen LogP) is 1.41. The van der Waals surface area contributed by atoms with Crippen LogP contribution in [-0.4, -0.2) is 64.3 Å². The molecule has 148 valence electrons. The Morgan fingerprint density at radius 3 is 3.00 bits per heavy atom. The van der Waals surface area contributed by atoms with E-state index >= 15 is 0 Å². The SMILES string of the molecule is C=CCN1CC[C@]23c4c5ccc(O)c4O[C@H]2C(=O)CCC3(OCC(=O)O)[C@H]1C5. The van der Waals surface area contributed by atoms with Gasteiger partial charge in [-0.1, -0.05) is 12.1 Å². The van der Waals surface area contributed by atoms with Crippen LogP contribution in [0.1, 0.15) is 30.4 Å². The summed E-state index contributed by atoms with van der Waals surface area (Å²) >= 11 is 0. The zero-order valence-corrected chi connectivity index (χ0v) is 15.5. The number of aromatic hydroxyl groups is 1. The third-order valence-electron chi connectivity index (χ3n) is 7.15. The van der Waals surface area contributed by atoms with Gasteiger partial charge in [0.25, 0.3) is 0 Å². The number of rotatable bonds is 5. The molecule has 4 aliphatic rings. The van der Waals surface area contributed by atoms with Gasteiger partial charge in [0.05, 0.1) is 11.0 Å². The van der Waals surface area contributed by atoms with Gasteiger partial charge in [-0.15, -0.1) is 6.58 Å². The van der Waals surface area contributed by atoms with Crippen LogP contribution in [0, 0.1) is 0 Å². The minimum Gasteiger partial charge on any atom is -0.504 e. The smallest absolute Gasteiger partial charge is 0.329 e. The Morgan fingerprint density at radius 2 is 2.25 bits per heavy atom. The predicted molar refractivity (Wildman–Crippen MR) is 98.6 cm³/mol. The number of aliphatic carboxylic acids is 1. The number of carbonyl (C=O) groups excluding carboxylic acids is 1. The standard InChI is InChI=1S/C21H23NO6/c1-2-8-22-9-7-20-17-12-3-4-13(23)18(17)28-19(20)14(24)5-6-21(20,15(22)10-12)27-11-16(25)26/h2-4,15,19,23H,1,5-11H2,(H,25,26)/t15-,19+,20+,21?/m1/s1. The van der Waals surface area contributed by atoms with Crippen LogP contribution in [0.2, 0.25) is 0 Å². The third-order valence-corrected chi connectivity index (χ3v) is 7.15. The first kappa shape index (κ1) is 17.7. The number of carboxylic acid groups (broad SMARTS) is 1. The highest BCUT2D eigenvalue weighted by Gasteiger charge is 2.74. The molecule has 2 fully saturated rings. The lowest BCUT2D eigenvalue weighted by Crippen LogP contribution is -2.77. The molecule has 2 heterocycles. The van der Waals surface area contributed by atoms with E-state index in [1.54, 1.807) is 6.07 Å². The lowest BCUT2D eigenvalue weighted by molar-refractivity contribution is -0.215. The van der Waals surface area contributed by atoms with Crippen LogP contribution >= 0.6 is 0 Å². The molecule has 2 aliphatic heterocycles. The maximum atomic E-state index is 12.9. The van der Waals surface area contributed by atoms with Crippen LogP contribution in [0.15, 0.2) is 24.8 Å². The van der Waals surface area contributed by atoms with Gasteiger partial charge in [-0.3, -0.25) is 9.69 Å². The van der Waals surface area contributed by atoms with Gasteiger partial charge in [-0.05, 0) is 30.9 Å². The highest BCUT2D eigenvalue weighted by atomic mass is 16.5. The first-order valence-electron chi connectivity index (χ1n) is 9.70. The van der Waals surface area contributed by atoms with Gasteiger partial charge in [0.15, 0.2) is 23.4 Å². The van der Waals surface area contributed by atoms with E-state index in [0.717, 1.165) is 17.7 Å². The van der Waals surface area contributed by atoms with Crippen molar-refractivity contribution in [1.29, 1.82) is 0 Å². The molecule has 1 unspecified atom stereocenters. The molecule has 7 nitrogen and oxygen atoms in total. The normalized spacial score (nSPS) is 35.2. The number of carbonyl (C=O) groups is 2. The Labute approximate surface area is 162 Å². The van der Waals surface area contributed by atoms with Crippen LogP contribution in [-0.2, 0) is 26.2 Å².